The Morgan fingerprint density at radius 3 is 2.60 bits per heavy atom. The molecule has 126 valence electrons. The Labute approximate surface area is 153 Å². The molecule has 0 saturated carbocycles. The molecular weight excluding hydrogens is 383 g/mol. The molecular formula is C20H16BrFN2O. The van der Waals surface area contributed by atoms with Gasteiger partial charge in [-0.25, -0.2) is 4.39 Å². The van der Waals surface area contributed by atoms with Gasteiger partial charge in [0, 0.05) is 29.5 Å². The number of carbonyl (C=O) groups is 1. The Balaban J connectivity index is 1.79. The van der Waals surface area contributed by atoms with E-state index in [0.717, 1.165) is 17.8 Å². The number of amides is 1. The van der Waals surface area contributed by atoms with Crippen LogP contribution < -0.4 is 0 Å². The van der Waals surface area contributed by atoms with Gasteiger partial charge in [0.2, 0.25) is 0 Å². The molecule has 2 heterocycles. The van der Waals surface area contributed by atoms with E-state index in [1.54, 1.807) is 0 Å². The van der Waals surface area contributed by atoms with Crippen LogP contribution in [0.2, 0.25) is 0 Å². The standard InChI is InChI=1S/C20H16BrFN2O/c21-17-13-15(22)8-9-16(17)20(25)24-12-11-23-10-4-7-18(23)19(24)14-5-2-1-3-6-14/h1-10,13,19H,11-12H2. The zero-order chi connectivity index (χ0) is 17.4. The molecule has 1 amide bonds. The average molecular weight is 399 g/mol. The molecule has 0 fully saturated rings. The molecule has 1 aliphatic heterocycles. The molecule has 3 aromatic rings. The lowest BCUT2D eigenvalue weighted by molar-refractivity contribution is 0.0663. The van der Waals surface area contributed by atoms with Crippen molar-refractivity contribution in [2.45, 2.75) is 12.6 Å². The lowest BCUT2D eigenvalue weighted by Crippen LogP contribution is -2.42. The van der Waals surface area contributed by atoms with Crippen LogP contribution in [-0.2, 0) is 6.54 Å². The maximum Gasteiger partial charge on any atom is 0.255 e. The number of hydrogen-bond donors (Lipinski definition) is 0. The number of benzene rings is 2. The van der Waals surface area contributed by atoms with Gasteiger partial charge < -0.3 is 9.47 Å². The number of aromatic nitrogens is 1. The van der Waals surface area contributed by atoms with E-state index in [-0.39, 0.29) is 17.8 Å². The van der Waals surface area contributed by atoms with E-state index < -0.39 is 0 Å². The van der Waals surface area contributed by atoms with Crippen LogP contribution in [0.1, 0.15) is 27.7 Å². The minimum Gasteiger partial charge on any atom is -0.348 e. The third-order valence-corrected chi connectivity index (χ3v) is 5.23. The predicted octanol–water partition coefficient (Wildman–Crippen LogP) is 4.64. The van der Waals surface area contributed by atoms with Crippen LogP contribution in [0.3, 0.4) is 0 Å². The Kier molecular flexibility index (Phi) is 4.17. The van der Waals surface area contributed by atoms with Crippen molar-refractivity contribution < 1.29 is 9.18 Å². The van der Waals surface area contributed by atoms with Gasteiger partial charge >= 0.3 is 0 Å². The van der Waals surface area contributed by atoms with Crippen molar-refractivity contribution >= 4 is 21.8 Å². The number of rotatable bonds is 2. The highest BCUT2D eigenvalue weighted by molar-refractivity contribution is 9.10. The normalized spacial score (nSPS) is 16.6. The molecule has 0 bridgehead atoms. The average Bonchev–Trinajstić information content (AvgIpc) is 3.10. The summed E-state index contributed by atoms with van der Waals surface area (Å²) < 4.78 is 16.1. The van der Waals surface area contributed by atoms with Crippen LogP contribution in [0.15, 0.2) is 71.3 Å². The van der Waals surface area contributed by atoms with Gasteiger partial charge in [-0.3, -0.25) is 4.79 Å². The number of nitrogens with zero attached hydrogens (tertiary/aromatic N) is 2. The van der Waals surface area contributed by atoms with E-state index in [4.69, 9.17) is 0 Å². The molecule has 25 heavy (non-hydrogen) atoms. The molecule has 0 radical (unpaired) electrons. The van der Waals surface area contributed by atoms with Gasteiger partial charge in [0.15, 0.2) is 0 Å². The number of carbonyl (C=O) groups excluding carboxylic acids is 1. The van der Waals surface area contributed by atoms with Crippen LogP contribution in [0.5, 0.6) is 0 Å². The molecule has 4 rings (SSSR count). The topological polar surface area (TPSA) is 25.2 Å². The predicted molar refractivity (Wildman–Crippen MR) is 97.9 cm³/mol. The molecule has 1 atom stereocenters. The largest absolute Gasteiger partial charge is 0.348 e. The molecule has 1 aromatic heterocycles. The molecule has 1 aliphatic rings. The first-order valence-corrected chi connectivity index (χ1v) is 8.90. The van der Waals surface area contributed by atoms with E-state index in [2.05, 4.69) is 26.6 Å². The molecule has 0 spiro atoms. The van der Waals surface area contributed by atoms with Crippen molar-refractivity contribution in [3.8, 4) is 0 Å². The first-order chi connectivity index (χ1) is 12.1. The van der Waals surface area contributed by atoms with Crippen molar-refractivity contribution in [3.63, 3.8) is 0 Å². The fraction of sp³-hybridized carbons (Fsp3) is 0.150. The summed E-state index contributed by atoms with van der Waals surface area (Å²) in [7, 11) is 0. The summed E-state index contributed by atoms with van der Waals surface area (Å²) in [5, 5.41) is 0. The summed E-state index contributed by atoms with van der Waals surface area (Å²) in [5.41, 5.74) is 2.63. The van der Waals surface area contributed by atoms with Crippen LogP contribution >= 0.6 is 15.9 Å². The molecule has 1 unspecified atom stereocenters. The fourth-order valence-corrected chi connectivity index (χ4v) is 3.93. The van der Waals surface area contributed by atoms with E-state index in [9.17, 15) is 9.18 Å². The highest BCUT2D eigenvalue weighted by atomic mass is 79.9. The second-order valence-corrected chi connectivity index (χ2v) is 6.92. The Morgan fingerprint density at radius 1 is 1.04 bits per heavy atom. The zero-order valence-corrected chi connectivity index (χ0v) is 15.0. The highest BCUT2D eigenvalue weighted by Crippen LogP contribution is 2.34. The second kappa shape index (κ2) is 6.48. The smallest absolute Gasteiger partial charge is 0.255 e. The summed E-state index contributed by atoms with van der Waals surface area (Å²) in [6, 6.07) is 18.1. The first kappa shape index (κ1) is 16.1. The molecule has 0 aliphatic carbocycles. The third kappa shape index (κ3) is 2.89. The van der Waals surface area contributed by atoms with E-state index in [0.29, 0.717) is 16.6 Å². The van der Waals surface area contributed by atoms with Crippen LogP contribution in [0, 0.1) is 5.82 Å². The van der Waals surface area contributed by atoms with Crippen LogP contribution in [-0.4, -0.2) is 21.9 Å². The third-order valence-electron chi connectivity index (χ3n) is 4.58. The number of fused-ring (bicyclic) bond motifs is 1. The minimum atomic E-state index is -0.365. The molecule has 0 saturated heterocycles. The monoisotopic (exact) mass is 398 g/mol. The van der Waals surface area contributed by atoms with Crippen LogP contribution in [0.25, 0.3) is 0 Å². The van der Waals surface area contributed by atoms with Crippen molar-refractivity contribution in [1.29, 1.82) is 0 Å². The SMILES string of the molecule is O=C(c1ccc(F)cc1Br)N1CCn2cccc2C1c1ccccc1. The summed E-state index contributed by atoms with van der Waals surface area (Å²) >= 11 is 3.32. The lowest BCUT2D eigenvalue weighted by Gasteiger charge is -2.37. The van der Waals surface area contributed by atoms with Gasteiger partial charge in [-0.05, 0) is 51.8 Å². The maximum atomic E-state index is 13.4. The molecule has 0 N–H and O–H groups in total. The first-order valence-electron chi connectivity index (χ1n) is 8.11. The van der Waals surface area contributed by atoms with Crippen molar-refractivity contribution in [3.05, 3.63) is 94.0 Å². The quantitative estimate of drug-likeness (QED) is 0.617. The number of halogens is 2. The Bertz CT molecular complexity index is 922. The van der Waals surface area contributed by atoms with E-state index in [1.807, 2.05) is 47.5 Å². The van der Waals surface area contributed by atoms with Crippen molar-refractivity contribution in [1.82, 2.24) is 9.47 Å². The summed E-state index contributed by atoms with van der Waals surface area (Å²) in [6.45, 7) is 1.35. The van der Waals surface area contributed by atoms with Crippen molar-refractivity contribution in [2.75, 3.05) is 6.54 Å². The van der Waals surface area contributed by atoms with Gasteiger partial charge in [0.05, 0.1) is 11.6 Å². The maximum absolute atomic E-state index is 13.4. The Hall–Kier alpha value is -2.40. The zero-order valence-electron chi connectivity index (χ0n) is 13.4. The summed E-state index contributed by atoms with van der Waals surface area (Å²) in [4.78, 5) is 15.1. The van der Waals surface area contributed by atoms with Crippen LogP contribution in [0.4, 0.5) is 4.39 Å². The van der Waals surface area contributed by atoms with Gasteiger partial charge in [0.25, 0.3) is 5.91 Å². The highest BCUT2D eigenvalue weighted by Gasteiger charge is 2.33. The van der Waals surface area contributed by atoms with E-state index in [1.165, 1.54) is 18.2 Å². The van der Waals surface area contributed by atoms with Gasteiger partial charge in [-0.2, -0.15) is 0 Å². The lowest BCUT2D eigenvalue weighted by atomic mass is 9.99. The molecule has 3 nitrogen and oxygen atoms in total. The number of hydrogen-bond acceptors (Lipinski definition) is 1. The van der Waals surface area contributed by atoms with Gasteiger partial charge in [0.1, 0.15) is 5.82 Å². The van der Waals surface area contributed by atoms with E-state index >= 15 is 0 Å². The minimum absolute atomic E-state index is 0.104. The summed E-state index contributed by atoms with van der Waals surface area (Å²) in [5.74, 6) is -0.469. The Morgan fingerprint density at radius 2 is 1.84 bits per heavy atom. The fourth-order valence-electron chi connectivity index (χ4n) is 3.41. The van der Waals surface area contributed by atoms with Crippen molar-refractivity contribution in [2.24, 2.45) is 0 Å². The molecule has 2 aromatic carbocycles. The van der Waals surface area contributed by atoms with Gasteiger partial charge in [-0.1, -0.05) is 30.3 Å². The molecule has 5 heteroatoms. The summed E-state index contributed by atoms with van der Waals surface area (Å²) in [6.07, 6.45) is 2.04. The van der Waals surface area contributed by atoms with Gasteiger partial charge in [-0.15, -0.1) is 0 Å². The second-order valence-electron chi connectivity index (χ2n) is 6.06.